The van der Waals surface area contributed by atoms with Gasteiger partial charge in [-0.25, -0.2) is 9.78 Å². The molecule has 0 radical (unpaired) electrons. The van der Waals surface area contributed by atoms with Gasteiger partial charge in [0.2, 0.25) is 0 Å². The third-order valence-corrected chi connectivity index (χ3v) is 5.85. The van der Waals surface area contributed by atoms with Gasteiger partial charge in [0.15, 0.2) is 0 Å². The molecule has 8 nitrogen and oxygen atoms in total. The van der Waals surface area contributed by atoms with Crippen molar-refractivity contribution in [1.29, 1.82) is 5.26 Å². The lowest BCUT2D eigenvalue weighted by Crippen LogP contribution is -2.09. The third-order valence-electron chi connectivity index (χ3n) is 4.98. The van der Waals surface area contributed by atoms with E-state index in [0.29, 0.717) is 39.7 Å². The summed E-state index contributed by atoms with van der Waals surface area (Å²) in [6, 6.07) is 15.1. The number of nitro groups is 1. The number of allylic oxidation sites excluding steroid dienone is 1. The number of hydrogen-bond acceptors (Lipinski definition) is 8. The van der Waals surface area contributed by atoms with Gasteiger partial charge in [-0.15, -0.1) is 11.3 Å². The lowest BCUT2D eigenvalue weighted by atomic mass is 10.1. The number of nitro benzene ring substituents is 1. The normalized spacial score (nSPS) is 11.0. The molecule has 174 valence electrons. The highest BCUT2D eigenvalue weighted by Gasteiger charge is 2.14. The van der Waals surface area contributed by atoms with Crippen LogP contribution >= 0.6 is 11.3 Å². The van der Waals surface area contributed by atoms with Crippen LogP contribution in [0.15, 0.2) is 60.1 Å². The maximum atomic E-state index is 12.5. The van der Waals surface area contributed by atoms with E-state index in [4.69, 9.17) is 4.74 Å². The van der Waals surface area contributed by atoms with Crippen molar-refractivity contribution >= 4 is 34.3 Å². The minimum Gasteiger partial charge on any atom is -0.462 e. The van der Waals surface area contributed by atoms with Gasteiger partial charge in [-0.3, -0.25) is 10.1 Å². The first-order valence-corrected chi connectivity index (χ1v) is 11.7. The molecule has 1 heterocycles. The van der Waals surface area contributed by atoms with Gasteiger partial charge >= 0.3 is 5.97 Å². The summed E-state index contributed by atoms with van der Waals surface area (Å²) in [5, 5.41) is 25.8. The summed E-state index contributed by atoms with van der Waals surface area (Å²) in [5.74, 6) is -0.416. The van der Waals surface area contributed by atoms with E-state index in [1.54, 1.807) is 41.8 Å². The SMILES string of the molecule is CCCCCCOC(=O)c1ccccc1NC=C(C#N)c1nc(-c2ccc([N+](=O)[O-])cc2)cs1. The Labute approximate surface area is 201 Å². The molecule has 0 saturated heterocycles. The van der Waals surface area contributed by atoms with E-state index in [9.17, 15) is 20.2 Å². The number of nitrogens with one attached hydrogen (secondary N) is 1. The number of carbonyl (C=O) groups is 1. The molecule has 0 aliphatic carbocycles. The average Bonchev–Trinajstić information content (AvgIpc) is 3.34. The number of carbonyl (C=O) groups excluding carboxylic acids is 1. The van der Waals surface area contributed by atoms with Gasteiger partial charge in [-0.2, -0.15) is 5.26 Å². The van der Waals surface area contributed by atoms with Crippen LogP contribution in [0.4, 0.5) is 11.4 Å². The number of non-ortho nitro benzene ring substituents is 1. The lowest BCUT2D eigenvalue weighted by Gasteiger charge is -2.09. The maximum Gasteiger partial charge on any atom is 0.340 e. The van der Waals surface area contributed by atoms with E-state index in [-0.39, 0.29) is 5.69 Å². The van der Waals surface area contributed by atoms with Crippen molar-refractivity contribution in [2.24, 2.45) is 0 Å². The Hall–Kier alpha value is -4.03. The molecule has 0 spiro atoms. The molecule has 0 aliphatic heterocycles. The van der Waals surface area contributed by atoms with Gasteiger partial charge in [0.1, 0.15) is 16.6 Å². The molecule has 0 atom stereocenters. The summed E-state index contributed by atoms with van der Waals surface area (Å²) in [6.07, 6.45) is 5.58. The predicted molar refractivity (Wildman–Crippen MR) is 132 cm³/mol. The molecule has 0 bridgehead atoms. The topological polar surface area (TPSA) is 118 Å². The Kier molecular flexibility index (Phi) is 8.88. The van der Waals surface area contributed by atoms with Crippen molar-refractivity contribution in [1.82, 2.24) is 4.98 Å². The summed E-state index contributed by atoms with van der Waals surface area (Å²) in [7, 11) is 0. The van der Waals surface area contributed by atoms with Gasteiger partial charge in [-0.05, 0) is 30.7 Å². The van der Waals surface area contributed by atoms with E-state index in [1.165, 1.54) is 29.7 Å². The Morgan fingerprint density at radius 3 is 2.68 bits per heavy atom. The van der Waals surface area contributed by atoms with E-state index in [0.717, 1.165) is 25.7 Å². The minimum atomic E-state index is -0.460. The predicted octanol–water partition coefficient (Wildman–Crippen LogP) is 6.43. The number of esters is 1. The highest BCUT2D eigenvalue weighted by Crippen LogP contribution is 2.27. The fraction of sp³-hybridized carbons (Fsp3) is 0.240. The molecular formula is C25H24N4O4S. The molecule has 3 rings (SSSR count). The van der Waals surface area contributed by atoms with Crippen molar-refractivity contribution in [3.8, 4) is 17.3 Å². The van der Waals surface area contributed by atoms with E-state index >= 15 is 0 Å². The van der Waals surface area contributed by atoms with Crippen LogP contribution in [0.5, 0.6) is 0 Å². The second kappa shape index (κ2) is 12.3. The summed E-state index contributed by atoms with van der Waals surface area (Å²) in [4.78, 5) is 27.4. The Morgan fingerprint density at radius 1 is 1.21 bits per heavy atom. The first-order valence-electron chi connectivity index (χ1n) is 10.9. The molecule has 0 aliphatic rings. The highest BCUT2D eigenvalue weighted by atomic mass is 32.1. The molecule has 0 unspecified atom stereocenters. The maximum absolute atomic E-state index is 12.5. The van der Waals surface area contributed by atoms with Crippen LogP contribution in [0.2, 0.25) is 0 Å². The molecule has 1 aromatic heterocycles. The van der Waals surface area contributed by atoms with Crippen LogP contribution in [-0.4, -0.2) is 22.5 Å². The number of nitrogens with zero attached hydrogens (tertiary/aromatic N) is 3. The van der Waals surface area contributed by atoms with E-state index in [1.807, 2.05) is 0 Å². The van der Waals surface area contributed by atoms with Crippen LogP contribution in [0.3, 0.4) is 0 Å². The second-order valence-electron chi connectivity index (χ2n) is 7.40. The minimum absolute atomic E-state index is 0.000774. The molecule has 2 aromatic carbocycles. The molecule has 3 aromatic rings. The smallest absolute Gasteiger partial charge is 0.340 e. The Balaban J connectivity index is 1.71. The van der Waals surface area contributed by atoms with Crippen molar-refractivity contribution in [3.63, 3.8) is 0 Å². The fourth-order valence-electron chi connectivity index (χ4n) is 3.13. The number of rotatable bonds is 11. The van der Waals surface area contributed by atoms with Crippen molar-refractivity contribution in [2.45, 2.75) is 32.6 Å². The summed E-state index contributed by atoms with van der Waals surface area (Å²) >= 11 is 1.28. The lowest BCUT2D eigenvalue weighted by molar-refractivity contribution is -0.384. The fourth-order valence-corrected chi connectivity index (χ4v) is 3.93. The Bertz CT molecular complexity index is 1210. The zero-order chi connectivity index (χ0) is 24.3. The van der Waals surface area contributed by atoms with Gasteiger partial charge in [-0.1, -0.05) is 38.3 Å². The standard InChI is InChI=1S/C25H24N4O4S/c1-2-3-4-7-14-33-25(30)21-8-5-6-9-22(21)27-16-19(15-26)24-28-23(17-34-24)18-10-12-20(13-11-18)29(31)32/h5-6,8-13,16-17,27H,2-4,7,14H2,1H3. The van der Waals surface area contributed by atoms with Gasteiger partial charge in [0, 0.05) is 29.3 Å². The number of para-hydroxylation sites is 1. The van der Waals surface area contributed by atoms with Gasteiger partial charge in [0.25, 0.3) is 5.69 Å². The monoisotopic (exact) mass is 476 g/mol. The number of thiazole rings is 1. The third kappa shape index (κ3) is 6.49. The number of unbranched alkanes of at least 4 members (excludes halogenated alkanes) is 3. The molecule has 0 saturated carbocycles. The van der Waals surface area contributed by atoms with Gasteiger partial charge < -0.3 is 10.1 Å². The van der Waals surface area contributed by atoms with E-state index < -0.39 is 10.9 Å². The molecule has 9 heteroatoms. The summed E-state index contributed by atoms with van der Waals surface area (Å²) < 4.78 is 5.39. The first kappa shape index (κ1) is 24.6. The summed E-state index contributed by atoms with van der Waals surface area (Å²) in [6.45, 7) is 2.50. The largest absolute Gasteiger partial charge is 0.462 e. The molecule has 1 N–H and O–H groups in total. The average molecular weight is 477 g/mol. The molecule has 0 fully saturated rings. The zero-order valence-corrected chi connectivity index (χ0v) is 19.5. The van der Waals surface area contributed by atoms with Crippen LogP contribution in [0, 0.1) is 21.4 Å². The molecular weight excluding hydrogens is 452 g/mol. The van der Waals surface area contributed by atoms with Crippen molar-refractivity contribution in [2.75, 3.05) is 11.9 Å². The van der Waals surface area contributed by atoms with Gasteiger partial charge in [0.05, 0.1) is 28.5 Å². The number of anilines is 1. The Morgan fingerprint density at radius 2 is 1.97 bits per heavy atom. The number of nitriles is 1. The first-order chi connectivity index (χ1) is 16.5. The number of ether oxygens (including phenoxy) is 1. The molecule has 0 amide bonds. The van der Waals surface area contributed by atoms with Crippen LogP contribution in [0.1, 0.15) is 48.0 Å². The highest BCUT2D eigenvalue weighted by molar-refractivity contribution is 7.11. The van der Waals surface area contributed by atoms with Crippen molar-refractivity contribution in [3.05, 3.63) is 80.8 Å². The molecule has 34 heavy (non-hydrogen) atoms. The van der Waals surface area contributed by atoms with Crippen LogP contribution in [-0.2, 0) is 4.74 Å². The second-order valence-corrected chi connectivity index (χ2v) is 8.26. The number of hydrogen-bond donors (Lipinski definition) is 1. The van der Waals surface area contributed by atoms with Crippen LogP contribution < -0.4 is 5.32 Å². The summed E-state index contributed by atoms with van der Waals surface area (Å²) in [5.41, 5.74) is 2.53. The number of benzene rings is 2. The quantitative estimate of drug-likeness (QED) is 0.111. The number of aromatic nitrogens is 1. The van der Waals surface area contributed by atoms with Crippen LogP contribution in [0.25, 0.3) is 16.8 Å². The van der Waals surface area contributed by atoms with E-state index in [2.05, 4.69) is 23.3 Å². The zero-order valence-electron chi connectivity index (χ0n) is 18.7. The van der Waals surface area contributed by atoms with Crippen molar-refractivity contribution < 1.29 is 14.5 Å².